The standard InChI is InChI=1S/C21H24Cl2N2O3/c1-3-4-5-6-7-8-11-28-21(26)20-19(25-27)10-9-18(24-20)15-12-16(22)14(2)17(23)13-15/h9-10,12-13H,3-8,11H2,1-2H3. The van der Waals surface area contributed by atoms with Crippen LogP contribution in [-0.4, -0.2) is 17.6 Å². The van der Waals surface area contributed by atoms with E-state index < -0.39 is 5.97 Å². The first-order valence-corrected chi connectivity index (χ1v) is 10.2. The van der Waals surface area contributed by atoms with Crippen molar-refractivity contribution in [3.8, 4) is 11.3 Å². The molecular formula is C21H24Cl2N2O3. The third-order valence-corrected chi connectivity index (χ3v) is 5.26. The smallest absolute Gasteiger partial charge is 0.359 e. The van der Waals surface area contributed by atoms with Crippen molar-refractivity contribution >= 4 is 34.9 Å². The lowest BCUT2D eigenvalue weighted by molar-refractivity contribution is 0.0492. The van der Waals surface area contributed by atoms with Crippen molar-refractivity contribution in [1.29, 1.82) is 0 Å². The second-order valence-corrected chi connectivity index (χ2v) is 7.44. The van der Waals surface area contributed by atoms with E-state index in [0.29, 0.717) is 21.3 Å². The number of hydrogen-bond donors (Lipinski definition) is 0. The Bertz CT molecular complexity index is 817. The predicted molar refractivity (Wildman–Crippen MR) is 114 cm³/mol. The zero-order valence-corrected chi connectivity index (χ0v) is 17.6. The summed E-state index contributed by atoms with van der Waals surface area (Å²) in [5.74, 6) is -0.658. The van der Waals surface area contributed by atoms with E-state index in [2.05, 4.69) is 17.1 Å². The lowest BCUT2D eigenvalue weighted by atomic mass is 10.1. The highest BCUT2D eigenvalue weighted by Crippen LogP contribution is 2.31. The van der Waals surface area contributed by atoms with Crippen molar-refractivity contribution in [1.82, 2.24) is 4.98 Å². The number of carbonyl (C=O) groups is 1. The first-order chi connectivity index (χ1) is 13.5. The molecule has 0 bridgehead atoms. The molecule has 0 radical (unpaired) electrons. The van der Waals surface area contributed by atoms with Crippen molar-refractivity contribution in [2.45, 2.75) is 52.4 Å². The van der Waals surface area contributed by atoms with Crippen LogP contribution in [0.1, 0.15) is 61.5 Å². The van der Waals surface area contributed by atoms with Crippen LogP contribution in [0.4, 0.5) is 5.69 Å². The van der Waals surface area contributed by atoms with Gasteiger partial charge in [-0.2, -0.15) is 0 Å². The molecule has 0 fully saturated rings. The largest absolute Gasteiger partial charge is 0.461 e. The molecule has 150 valence electrons. The second-order valence-electron chi connectivity index (χ2n) is 6.62. The minimum absolute atomic E-state index is 0.0546. The van der Waals surface area contributed by atoms with Gasteiger partial charge in [0.15, 0.2) is 5.69 Å². The molecule has 0 aliphatic carbocycles. The first-order valence-electron chi connectivity index (χ1n) is 9.45. The minimum Gasteiger partial charge on any atom is -0.461 e. The number of nitroso groups, excluding NO2 is 1. The number of pyridine rings is 1. The topological polar surface area (TPSA) is 68.6 Å². The molecule has 0 N–H and O–H groups in total. The number of carbonyl (C=O) groups excluding carboxylic acids is 1. The molecule has 1 heterocycles. The number of benzene rings is 1. The van der Waals surface area contributed by atoms with Crippen molar-refractivity contribution in [2.75, 3.05) is 6.61 Å². The van der Waals surface area contributed by atoms with Crippen LogP contribution >= 0.6 is 23.2 Å². The number of halogens is 2. The van der Waals surface area contributed by atoms with Crippen LogP contribution in [0, 0.1) is 11.8 Å². The van der Waals surface area contributed by atoms with E-state index in [-0.39, 0.29) is 18.0 Å². The highest BCUT2D eigenvalue weighted by molar-refractivity contribution is 6.36. The monoisotopic (exact) mass is 422 g/mol. The van der Waals surface area contributed by atoms with Crippen LogP contribution < -0.4 is 0 Å². The van der Waals surface area contributed by atoms with E-state index in [0.717, 1.165) is 24.8 Å². The molecule has 0 spiro atoms. The van der Waals surface area contributed by atoms with Crippen molar-refractivity contribution in [3.63, 3.8) is 0 Å². The Labute approximate surface area is 175 Å². The van der Waals surface area contributed by atoms with Crippen LogP contribution in [0.5, 0.6) is 0 Å². The molecule has 5 nitrogen and oxygen atoms in total. The zero-order valence-electron chi connectivity index (χ0n) is 16.1. The third kappa shape index (κ3) is 6.01. The van der Waals surface area contributed by atoms with Gasteiger partial charge in [0.1, 0.15) is 5.69 Å². The number of aromatic nitrogens is 1. The summed E-state index contributed by atoms with van der Waals surface area (Å²) in [5.41, 5.74) is 1.70. The predicted octanol–water partition coefficient (Wildman–Crippen LogP) is 7.28. The summed E-state index contributed by atoms with van der Waals surface area (Å²) in [4.78, 5) is 27.7. The quantitative estimate of drug-likeness (QED) is 0.229. The molecule has 28 heavy (non-hydrogen) atoms. The molecule has 0 saturated carbocycles. The summed E-state index contributed by atoms with van der Waals surface area (Å²) in [7, 11) is 0. The fourth-order valence-electron chi connectivity index (χ4n) is 2.75. The van der Waals surface area contributed by atoms with Gasteiger partial charge in [-0.05, 0) is 48.4 Å². The summed E-state index contributed by atoms with van der Waals surface area (Å²) in [6.45, 7) is 4.27. The number of rotatable bonds is 10. The van der Waals surface area contributed by atoms with Crippen molar-refractivity contribution < 1.29 is 9.53 Å². The number of esters is 1. The van der Waals surface area contributed by atoms with Gasteiger partial charge in [-0.1, -0.05) is 62.2 Å². The molecule has 0 unspecified atom stereocenters. The van der Waals surface area contributed by atoms with Crippen molar-refractivity contribution in [3.05, 3.63) is 50.5 Å². The van der Waals surface area contributed by atoms with E-state index >= 15 is 0 Å². The molecule has 2 aromatic rings. The van der Waals surface area contributed by atoms with Crippen molar-refractivity contribution in [2.24, 2.45) is 5.18 Å². The summed E-state index contributed by atoms with van der Waals surface area (Å²) >= 11 is 12.4. The van der Waals surface area contributed by atoms with E-state index in [1.807, 2.05) is 6.92 Å². The molecular weight excluding hydrogens is 399 g/mol. The SMILES string of the molecule is CCCCCCCCOC(=O)c1nc(-c2cc(Cl)c(C)c(Cl)c2)ccc1N=O. The van der Waals surface area contributed by atoms with Crippen LogP contribution in [-0.2, 0) is 4.74 Å². The van der Waals surface area contributed by atoms with Crippen LogP contribution in [0.2, 0.25) is 10.0 Å². The van der Waals surface area contributed by atoms with Gasteiger partial charge >= 0.3 is 5.97 Å². The number of nitrogens with zero attached hydrogens (tertiary/aromatic N) is 2. The summed E-state index contributed by atoms with van der Waals surface area (Å²) in [5, 5.41) is 3.88. The van der Waals surface area contributed by atoms with E-state index in [9.17, 15) is 9.70 Å². The Morgan fingerprint density at radius 3 is 2.36 bits per heavy atom. The number of ether oxygens (including phenoxy) is 1. The average molecular weight is 423 g/mol. The van der Waals surface area contributed by atoms with Gasteiger partial charge in [-0.15, -0.1) is 4.91 Å². The number of unbranched alkanes of at least 4 members (excludes halogenated alkanes) is 5. The van der Waals surface area contributed by atoms with Gasteiger partial charge in [-0.3, -0.25) is 0 Å². The Hall–Kier alpha value is -1.98. The Kier molecular flexibility index (Phi) is 8.87. The molecule has 1 aromatic heterocycles. The fourth-order valence-corrected chi connectivity index (χ4v) is 3.23. The average Bonchev–Trinajstić information content (AvgIpc) is 2.70. The maximum absolute atomic E-state index is 12.4. The minimum atomic E-state index is -0.658. The molecule has 0 aliphatic heterocycles. The Balaban J connectivity index is 2.10. The molecule has 0 amide bonds. The highest BCUT2D eigenvalue weighted by atomic mass is 35.5. The summed E-state index contributed by atoms with van der Waals surface area (Å²) in [6.07, 6.45) is 6.50. The Morgan fingerprint density at radius 1 is 1.07 bits per heavy atom. The van der Waals surface area contributed by atoms with Gasteiger partial charge in [0.2, 0.25) is 0 Å². The van der Waals surface area contributed by atoms with Gasteiger partial charge in [0, 0.05) is 15.6 Å². The summed E-state index contributed by atoms with van der Waals surface area (Å²) in [6, 6.07) is 6.46. The van der Waals surface area contributed by atoms with Crippen LogP contribution in [0.3, 0.4) is 0 Å². The second kappa shape index (κ2) is 11.1. The molecule has 0 aliphatic rings. The van der Waals surface area contributed by atoms with E-state index in [1.165, 1.54) is 25.3 Å². The van der Waals surface area contributed by atoms with E-state index in [4.69, 9.17) is 27.9 Å². The Morgan fingerprint density at radius 2 is 1.71 bits per heavy atom. The highest BCUT2D eigenvalue weighted by Gasteiger charge is 2.18. The van der Waals surface area contributed by atoms with Gasteiger partial charge in [0.05, 0.1) is 12.3 Å². The third-order valence-electron chi connectivity index (χ3n) is 4.47. The maximum Gasteiger partial charge on any atom is 0.359 e. The maximum atomic E-state index is 12.4. The first kappa shape index (κ1) is 22.3. The van der Waals surface area contributed by atoms with Gasteiger partial charge < -0.3 is 4.74 Å². The lowest BCUT2D eigenvalue weighted by Crippen LogP contribution is -2.09. The number of hydrogen-bond acceptors (Lipinski definition) is 5. The molecule has 1 aromatic carbocycles. The molecule has 2 rings (SSSR count). The van der Waals surface area contributed by atoms with Crippen LogP contribution in [0.15, 0.2) is 29.4 Å². The van der Waals surface area contributed by atoms with Crippen LogP contribution in [0.25, 0.3) is 11.3 Å². The van der Waals surface area contributed by atoms with Gasteiger partial charge in [-0.25, -0.2) is 9.78 Å². The molecule has 0 atom stereocenters. The normalized spacial score (nSPS) is 10.7. The van der Waals surface area contributed by atoms with Gasteiger partial charge in [0.25, 0.3) is 0 Å². The van der Waals surface area contributed by atoms with E-state index in [1.54, 1.807) is 18.2 Å². The molecule has 0 saturated heterocycles. The molecule has 7 heteroatoms. The fraction of sp³-hybridized carbons (Fsp3) is 0.429. The lowest BCUT2D eigenvalue weighted by Gasteiger charge is -2.09. The summed E-state index contributed by atoms with van der Waals surface area (Å²) < 4.78 is 5.28. The zero-order chi connectivity index (χ0) is 20.5.